The highest BCUT2D eigenvalue weighted by atomic mass is 16.4. The van der Waals surface area contributed by atoms with Crippen molar-refractivity contribution in [1.82, 2.24) is 73.2 Å². The zero-order valence-corrected chi connectivity index (χ0v) is 66.5. The molecule has 0 unspecified atom stereocenters. The number of unbranched alkanes of at least 4 members (excludes halogenated alkanes) is 1. The maximum atomic E-state index is 14.7. The lowest BCUT2D eigenvalue weighted by atomic mass is 9.98. The largest absolute Gasteiger partial charge is 0.481 e. The molecule has 3 rings (SSSR count). The van der Waals surface area contributed by atoms with Crippen molar-refractivity contribution in [2.24, 2.45) is 52.7 Å². The highest BCUT2D eigenvalue weighted by molar-refractivity contribution is 6.01. The Balaban J connectivity index is 1.76. The topological polar surface area (TPSA) is 588 Å². The van der Waals surface area contributed by atoms with Crippen LogP contribution in [0.25, 0.3) is 0 Å². The average molecular weight is 1570 g/mol. The van der Waals surface area contributed by atoms with Crippen LogP contribution >= 0.6 is 0 Å². The van der Waals surface area contributed by atoms with Gasteiger partial charge >= 0.3 is 17.9 Å². The van der Waals surface area contributed by atoms with Crippen LogP contribution in [0.4, 0.5) is 0 Å². The molecule has 3 heterocycles. The van der Waals surface area contributed by atoms with E-state index in [4.69, 9.17) is 17.2 Å². The Morgan fingerprint density at radius 2 is 0.739 bits per heavy atom. The summed E-state index contributed by atoms with van der Waals surface area (Å²) in [4.78, 5) is 247. The summed E-state index contributed by atoms with van der Waals surface area (Å²) in [7, 11) is 0. The maximum absolute atomic E-state index is 14.7. The van der Waals surface area contributed by atoms with Gasteiger partial charge in [-0.15, -0.1) is 0 Å². The molecule has 3 aliphatic heterocycles. The molecular weight excluding hydrogens is 1450 g/mol. The first-order valence-electron chi connectivity index (χ1n) is 38.5. The molecular formula is C73H123N17O21. The number of likely N-dealkylation sites (tertiary alicyclic amines) is 3. The lowest BCUT2D eigenvalue weighted by Crippen LogP contribution is -2.61. The zero-order chi connectivity index (χ0) is 84.2. The molecule has 0 saturated carbocycles. The van der Waals surface area contributed by atoms with E-state index in [2.05, 4.69) is 53.2 Å². The van der Waals surface area contributed by atoms with Crippen LogP contribution in [-0.4, -0.2) is 253 Å². The van der Waals surface area contributed by atoms with Crippen LogP contribution in [0.1, 0.15) is 200 Å². The molecule has 0 bridgehead atoms. The van der Waals surface area contributed by atoms with E-state index in [1.165, 1.54) is 23.6 Å². The molecule has 626 valence electrons. The van der Waals surface area contributed by atoms with Crippen molar-refractivity contribution in [3.05, 3.63) is 0 Å². The molecule has 0 aliphatic carbocycles. The summed E-state index contributed by atoms with van der Waals surface area (Å²) in [5.74, 6) is -19.0. The molecule has 20 N–H and O–H groups in total. The highest BCUT2D eigenvalue weighted by Crippen LogP contribution is 2.26. The normalized spacial score (nSPS) is 18.9. The molecule has 15 atom stereocenters. The van der Waals surface area contributed by atoms with Gasteiger partial charge in [-0.1, -0.05) is 83.1 Å². The number of carbonyl (C=O) groups excluding carboxylic acids is 15. The molecule has 15 amide bonds. The molecule has 3 fully saturated rings. The second-order valence-electron chi connectivity index (χ2n) is 31.3. The summed E-state index contributed by atoms with van der Waals surface area (Å²) >= 11 is 0. The van der Waals surface area contributed by atoms with E-state index >= 15 is 0 Å². The predicted octanol–water partition coefficient (Wildman–Crippen LogP) is -2.81. The van der Waals surface area contributed by atoms with Crippen molar-refractivity contribution in [1.29, 1.82) is 0 Å². The minimum absolute atomic E-state index is 0.0235. The van der Waals surface area contributed by atoms with E-state index in [9.17, 15) is 102 Å². The third kappa shape index (κ3) is 30.2. The van der Waals surface area contributed by atoms with Crippen molar-refractivity contribution in [2.45, 2.75) is 290 Å². The van der Waals surface area contributed by atoms with Crippen molar-refractivity contribution in [3.8, 4) is 0 Å². The number of rotatable bonds is 46. The molecule has 0 spiro atoms. The van der Waals surface area contributed by atoms with Crippen LogP contribution in [0.5, 0.6) is 0 Å². The van der Waals surface area contributed by atoms with Gasteiger partial charge in [0.1, 0.15) is 84.6 Å². The molecule has 0 aromatic rings. The van der Waals surface area contributed by atoms with Gasteiger partial charge in [0.25, 0.3) is 0 Å². The van der Waals surface area contributed by atoms with Gasteiger partial charge in [-0.3, -0.25) is 81.5 Å². The fraction of sp³-hybridized carbons (Fsp3) is 0.753. The third-order valence-electron chi connectivity index (χ3n) is 19.6. The number of primary amides is 1. The first kappa shape index (κ1) is 95.6. The van der Waals surface area contributed by atoms with Crippen LogP contribution in [-0.2, 0) is 86.3 Å². The zero-order valence-electron chi connectivity index (χ0n) is 66.5. The number of nitrogens with zero attached hydrogens (tertiary/aromatic N) is 3. The fourth-order valence-corrected chi connectivity index (χ4v) is 13.1. The Kier molecular flexibility index (Phi) is 39.3. The Morgan fingerprint density at radius 3 is 1.14 bits per heavy atom. The van der Waals surface area contributed by atoms with Crippen molar-refractivity contribution >= 4 is 107 Å². The highest BCUT2D eigenvalue weighted by Gasteiger charge is 2.45. The first-order valence-corrected chi connectivity index (χ1v) is 38.5. The Hall–Kier alpha value is -9.62. The van der Waals surface area contributed by atoms with Gasteiger partial charge < -0.3 is 106 Å². The SMILES string of the molecule is CC(C)C[C@H](NC(=O)[C@@H]1CCCN1C(=O)[C@@H](N)C(C)C)C(=O)N[C@H](C(=O)N[C@@H](C)C(=O)N[C@@H](C)C(=O)N[C@@H](CCC(=O)O)C(=O)N1CCC[C@H]1C(=O)N[C@H](C(=O)N1CCC[C@H]1C(=O)N[C@@H](CC(C)C)C(=O)N[C@H](C(=O)N[C@@H](CCCCN)C(=O)N[C@@H](CCC(N)=O)C(=O)N[C@@H](CC(=O)O)C(=O)O)C(C)C)C(C)C)C(C)C. The number of carbonyl (C=O) groups is 18. The number of nitrogens with one attached hydrogen (secondary N) is 11. The molecule has 0 radical (unpaired) electrons. The Morgan fingerprint density at radius 1 is 0.369 bits per heavy atom. The van der Waals surface area contributed by atoms with E-state index in [1.807, 2.05) is 19.2 Å². The summed E-state index contributed by atoms with van der Waals surface area (Å²) in [6, 6.07) is -19.8. The number of aliphatic carboxylic acids is 3. The molecule has 0 aromatic carbocycles. The smallest absolute Gasteiger partial charge is 0.326 e. The molecule has 111 heavy (non-hydrogen) atoms. The van der Waals surface area contributed by atoms with E-state index in [-0.39, 0.29) is 88.2 Å². The van der Waals surface area contributed by atoms with Crippen LogP contribution in [0.3, 0.4) is 0 Å². The second kappa shape index (κ2) is 45.6. The van der Waals surface area contributed by atoms with Crippen molar-refractivity contribution in [2.75, 3.05) is 26.2 Å². The van der Waals surface area contributed by atoms with Gasteiger partial charge in [-0.25, -0.2) is 4.79 Å². The summed E-state index contributed by atoms with van der Waals surface area (Å²) in [6.07, 6.45) is -0.598. The minimum atomic E-state index is -1.93. The molecule has 3 saturated heterocycles. The second-order valence-corrected chi connectivity index (χ2v) is 31.3. The summed E-state index contributed by atoms with van der Waals surface area (Å²) < 4.78 is 0. The van der Waals surface area contributed by atoms with E-state index in [0.29, 0.717) is 32.2 Å². The number of hydrogen-bond acceptors (Lipinski definition) is 20. The molecule has 0 aromatic heterocycles. The Labute approximate surface area is 648 Å². The quantitative estimate of drug-likeness (QED) is 0.0274. The van der Waals surface area contributed by atoms with E-state index in [0.717, 1.165) is 4.90 Å². The summed E-state index contributed by atoms with van der Waals surface area (Å²) in [6.45, 7) is 23.7. The Bertz CT molecular complexity index is 3310. The van der Waals surface area contributed by atoms with Crippen molar-refractivity contribution < 1.29 is 102 Å². The number of hydrogen-bond donors (Lipinski definition) is 17. The van der Waals surface area contributed by atoms with Crippen LogP contribution in [0.15, 0.2) is 0 Å². The standard InChI is InChI=1S/C73H123N17O21/c1-35(2)32-46(82-65(102)49-21-18-30-89(49)71(108)55(76)37(5)6)63(100)85-56(38(7)8)68(105)78-41(13)59(96)77-42(14)60(97)81-45(25-27-53(92)93)70(107)88-29-17-23-51(88)67(104)87-58(40(11)12)72(109)90-31-19-22-50(90)66(103)83-47(33-36(3)4)64(101)86-57(39(9)10)69(106)80-43(20-15-16-28-74)61(98)79-44(24-26-52(75)91)62(99)84-48(73(110)111)34-54(94)95/h35-51,55-58H,15-34,74,76H2,1-14H3,(H2,75,91)(H,77,96)(H,78,105)(H,79,98)(H,80,106)(H,81,97)(H,82,102)(H,83,103)(H,84,99)(H,85,100)(H,86,101)(H,87,104)(H,92,93)(H,94,95)(H,110,111)/t41-,42-,43-,44-,45-,46-,47-,48-,49-,50-,51-,55-,56-,57-,58-/m0/s1. The van der Waals surface area contributed by atoms with Crippen LogP contribution in [0, 0.1) is 35.5 Å². The summed E-state index contributed by atoms with van der Waals surface area (Å²) in [5, 5.41) is 56.8. The van der Waals surface area contributed by atoms with E-state index < -0.39 is 241 Å². The molecule has 38 heteroatoms. The molecule has 3 aliphatic rings. The van der Waals surface area contributed by atoms with Gasteiger partial charge in [0.05, 0.1) is 12.5 Å². The van der Waals surface area contributed by atoms with Crippen LogP contribution in [0.2, 0.25) is 0 Å². The number of carboxylic acids is 3. The number of nitrogens with two attached hydrogens (primary N) is 3. The van der Waals surface area contributed by atoms with Crippen LogP contribution < -0.4 is 75.7 Å². The fourth-order valence-electron chi connectivity index (χ4n) is 13.1. The van der Waals surface area contributed by atoms with Gasteiger partial charge in [-0.2, -0.15) is 0 Å². The minimum Gasteiger partial charge on any atom is -0.481 e. The van der Waals surface area contributed by atoms with Gasteiger partial charge in [0.2, 0.25) is 88.6 Å². The number of amides is 15. The van der Waals surface area contributed by atoms with Gasteiger partial charge in [0.15, 0.2) is 0 Å². The lowest BCUT2D eigenvalue weighted by Gasteiger charge is -2.33. The lowest BCUT2D eigenvalue weighted by molar-refractivity contribution is -0.147. The number of carboxylic acid groups (broad SMARTS) is 3. The third-order valence-corrected chi connectivity index (χ3v) is 19.6. The predicted molar refractivity (Wildman–Crippen MR) is 401 cm³/mol. The van der Waals surface area contributed by atoms with Gasteiger partial charge in [-0.05, 0) is 139 Å². The molecule has 38 nitrogen and oxygen atoms in total. The van der Waals surface area contributed by atoms with E-state index in [1.54, 1.807) is 69.2 Å². The maximum Gasteiger partial charge on any atom is 0.326 e. The van der Waals surface area contributed by atoms with Crippen molar-refractivity contribution in [3.63, 3.8) is 0 Å². The van der Waals surface area contributed by atoms with Gasteiger partial charge in [0, 0.05) is 32.5 Å². The first-order chi connectivity index (χ1) is 51.8. The monoisotopic (exact) mass is 1570 g/mol. The summed E-state index contributed by atoms with van der Waals surface area (Å²) in [5.41, 5.74) is 17.2. The average Bonchev–Trinajstić information content (AvgIpc) is 1.71.